The Morgan fingerprint density at radius 1 is 1.30 bits per heavy atom. The summed E-state index contributed by atoms with van der Waals surface area (Å²) in [6.45, 7) is 2.60. The van der Waals surface area contributed by atoms with Gasteiger partial charge in [0.15, 0.2) is 0 Å². The lowest BCUT2D eigenvalue weighted by atomic mass is 10.1. The Hall–Kier alpha value is -1.39. The smallest absolute Gasteiger partial charge is 0.220 e. The first-order valence-electron chi connectivity index (χ1n) is 7.16. The molecular formula is C16H25NO3. The van der Waals surface area contributed by atoms with Crippen LogP contribution in [0.25, 0.3) is 0 Å². The minimum Gasteiger partial charge on any atom is -0.396 e. The predicted molar refractivity (Wildman–Crippen MR) is 79.7 cm³/mol. The van der Waals surface area contributed by atoms with E-state index in [1.165, 1.54) is 11.1 Å². The minimum atomic E-state index is -0.111. The number of amides is 1. The molecule has 20 heavy (non-hydrogen) atoms. The molecule has 1 aromatic carbocycles. The first-order chi connectivity index (χ1) is 9.69. The van der Waals surface area contributed by atoms with E-state index in [1.807, 2.05) is 0 Å². The molecule has 4 nitrogen and oxygen atoms in total. The largest absolute Gasteiger partial charge is 0.396 e. The maximum absolute atomic E-state index is 11.9. The summed E-state index contributed by atoms with van der Waals surface area (Å²) < 4.78 is 5.02. The van der Waals surface area contributed by atoms with Gasteiger partial charge in [0.05, 0.1) is 12.6 Å². The van der Waals surface area contributed by atoms with Gasteiger partial charge in [0.1, 0.15) is 0 Å². The summed E-state index contributed by atoms with van der Waals surface area (Å²) >= 11 is 0. The number of nitrogens with one attached hydrogen (secondary N) is 1. The Labute approximate surface area is 121 Å². The monoisotopic (exact) mass is 279 g/mol. The number of aryl methyl sites for hydroxylation is 2. The SMILES string of the molecule is CCc1ccc(CCC(=O)NC(CCO)COC)cc1. The van der Waals surface area contributed by atoms with Crippen molar-refractivity contribution < 1.29 is 14.6 Å². The van der Waals surface area contributed by atoms with E-state index in [0.717, 1.165) is 12.8 Å². The third-order valence-electron chi connectivity index (χ3n) is 3.28. The second-order valence-corrected chi connectivity index (χ2v) is 4.90. The lowest BCUT2D eigenvalue weighted by Gasteiger charge is -2.16. The highest BCUT2D eigenvalue weighted by molar-refractivity contribution is 5.76. The molecule has 112 valence electrons. The second kappa shape index (κ2) is 9.50. The first kappa shape index (κ1) is 16.7. The van der Waals surface area contributed by atoms with Crippen LogP contribution in [0.4, 0.5) is 0 Å². The lowest BCUT2D eigenvalue weighted by Crippen LogP contribution is -2.38. The van der Waals surface area contributed by atoms with Crippen molar-refractivity contribution in [1.82, 2.24) is 5.32 Å². The van der Waals surface area contributed by atoms with Gasteiger partial charge in [-0.3, -0.25) is 4.79 Å². The van der Waals surface area contributed by atoms with E-state index in [2.05, 4.69) is 36.5 Å². The molecule has 1 atom stereocenters. The number of carbonyl (C=O) groups is 1. The summed E-state index contributed by atoms with van der Waals surface area (Å²) in [7, 11) is 1.59. The molecule has 1 unspecified atom stereocenters. The van der Waals surface area contributed by atoms with Gasteiger partial charge in [-0.05, 0) is 30.4 Å². The third kappa shape index (κ3) is 6.17. The van der Waals surface area contributed by atoms with Crippen LogP contribution in [0.5, 0.6) is 0 Å². The molecule has 1 amide bonds. The average Bonchev–Trinajstić information content (AvgIpc) is 2.46. The van der Waals surface area contributed by atoms with Crippen molar-refractivity contribution in [3.63, 3.8) is 0 Å². The number of hydrogen-bond donors (Lipinski definition) is 2. The molecule has 0 saturated heterocycles. The van der Waals surface area contributed by atoms with Crippen LogP contribution in [-0.4, -0.2) is 37.4 Å². The number of hydrogen-bond acceptors (Lipinski definition) is 3. The molecule has 0 aromatic heterocycles. The fraction of sp³-hybridized carbons (Fsp3) is 0.562. The Morgan fingerprint density at radius 3 is 2.50 bits per heavy atom. The number of rotatable bonds is 9. The van der Waals surface area contributed by atoms with Gasteiger partial charge in [-0.25, -0.2) is 0 Å². The molecule has 1 aromatic rings. The summed E-state index contributed by atoms with van der Waals surface area (Å²) in [5, 5.41) is 11.8. The maximum atomic E-state index is 11.9. The van der Waals surface area contributed by atoms with Crippen molar-refractivity contribution in [3.05, 3.63) is 35.4 Å². The van der Waals surface area contributed by atoms with E-state index < -0.39 is 0 Å². The van der Waals surface area contributed by atoms with Crippen LogP contribution in [0.15, 0.2) is 24.3 Å². The van der Waals surface area contributed by atoms with Gasteiger partial charge in [0, 0.05) is 20.1 Å². The molecule has 2 N–H and O–H groups in total. The lowest BCUT2D eigenvalue weighted by molar-refractivity contribution is -0.122. The van der Waals surface area contributed by atoms with E-state index in [9.17, 15) is 4.79 Å². The molecule has 0 aliphatic rings. The molecule has 0 aliphatic carbocycles. The Bertz CT molecular complexity index is 383. The molecule has 0 spiro atoms. The maximum Gasteiger partial charge on any atom is 0.220 e. The van der Waals surface area contributed by atoms with Crippen molar-refractivity contribution in [2.75, 3.05) is 20.3 Å². The second-order valence-electron chi connectivity index (χ2n) is 4.90. The number of ether oxygens (including phenoxy) is 1. The summed E-state index contributed by atoms with van der Waals surface area (Å²) in [5.74, 6) is 0.0000630. The normalized spacial score (nSPS) is 12.2. The predicted octanol–water partition coefficient (Wildman–Crippen LogP) is 1.70. The topological polar surface area (TPSA) is 58.6 Å². The fourth-order valence-electron chi connectivity index (χ4n) is 2.05. The van der Waals surface area contributed by atoms with Gasteiger partial charge in [-0.1, -0.05) is 31.2 Å². The highest BCUT2D eigenvalue weighted by Crippen LogP contribution is 2.07. The minimum absolute atomic E-state index is 0.0000630. The van der Waals surface area contributed by atoms with Crippen LogP contribution in [0.2, 0.25) is 0 Å². The van der Waals surface area contributed by atoms with Crippen LogP contribution in [0.1, 0.15) is 30.9 Å². The number of aliphatic hydroxyl groups excluding tert-OH is 1. The van der Waals surface area contributed by atoms with Gasteiger partial charge in [0.2, 0.25) is 5.91 Å². The molecule has 0 bridgehead atoms. The van der Waals surface area contributed by atoms with Crippen molar-refractivity contribution in [3.8, 4) is 0 Å². The van der Waals surface area contributed by atoms with E-state index in [0.29, 0.717) is 19.4 Å². The highest BCUT2D eigenvalue weighted by Gasteiger charge is 2.11. The first-order valence-corrected chi connectivity index (χ1v) is 7.16. The zero-order valence-electron chi connectivity index (χ0n) is 12.4. The van der Waals surface area contributed by atoms with Crippen LogP contribution < -0.4 is 5.32 Å². The average molecular weight is 279 g/mol. The Kier molecular flexibility index (Phi) is 7.92. The molecule has 0 aliphatic heterocycles. The molecule has 4 heteroatoms. The van der Waals surface area contributed by atoms with Gasteiger partial charge in [0.25, 0.3) is 0 Å². The molecule has 0 fully saturated rings. The summed E-state index contributed by atoms with van der Waals surface area (Å²) in [4.78, 5) is 11.9. The molecular weight excluding hydrogens is 254 g/mol. The molecule has 0 heterocycles. The number of methoxy groups -OCH3 is 1. The summed E-state index contributed by atoms with van der Waals surface area (Å²) in [6.07, 6.45) is 2.73. The highest BCUT2D eigenvalue weighted by atomic mass is 16.5. The molecule has 1 rings (SSSR count). The van der Waals surface area contributed by atoms with Crippen LogP contribution in [-0.2, 0) is 22.4 Å². The number of benzene rings is 1. The van der Waals surface area contributed by atoms with Crippen LogP contribution >= 0.6 is 0 Å². The van der Waals surface area contributed by atoms with E-state index >= 15 is 0 Å². The number of carbonyl (C=O) groups excluding carboxylic acids is 1. The van der Waals surface area contributed by atoms with Gasteiger partial charge >= 0.3 is 0 Å². The Morgan fingerprint density at radius 2 is 1.95 bits per heavy atom. The summed E-state index contributed by atoms with van der Waals surface area (Å²) in [5.41, 5.74) is 2.48. The quantitative estimate of drug-likeness (QED) is 0.723. The third-order valence-corrected chi connectivity index (χ3v) is 3.28. The summed E-state index contributed by atoms with van der Waals surface area (Å²) in [6, 6.07) is 8.25. The standard InChI is InChI=1S/C16H25NO3/c1-3-13-4-6-14(7-5-13)8-9-16(19)17-15(10-11-18)12-20-2/h4-7,15,18H,3,8-12H2,1-2H3,(H,17,19). The Balaban J connectivity index is 2.37. The fourth-order valence-corrected chi connectivity index (χ4v) is 2.05. The van der Waals surface area contributed by atoms with Crippen molar-refractivity contribution in [2.24, 2.45) is 0 Å². The molecule has 0 saturated carbocycles. The van der Waals surface area contributed by atoms with Crippen molar-refractivity contribution in [1.29, 1.82) is 0 Å². The van der Waals surface area contributed by atoms with Crippen molar-refractivity contribution in [2.45, 2.75) is 38.6 Å². The van der Waals surface area contributed by atoms with Gasteiger partial charge in [-0.2, -0.15) is 0 Å². The van der Waals surface area contributed by atoms with E-state index in [4.69, 9.17) is 9.84 Å². The van der Waals surface area contributed by atoms with Crippen LogP contribution in [0, 0.1) is 0 Å². The van der Waals surface area contributed by atoms with Crippen molar-refractivity contribution >= 4 is 5.91 Å². The molecule has 0 radical (unpaired) electrons. The zero-order chi connectivity index (χ0) is 14.8. The zero-order valence-corrected chi connectivity index (χ0v) is 12.4. The van der Waals surface area contributed by atoms with E-state index in [1.54, 1.807) is 7.11 Å². The van der Waals surface area contributed by atoms with Gasteiger partial charge in [-0.15, -0.1) is 0 Å². The van der Waals surface area contributed by atoms with Gasteiger partial charge < -0.3 is 15.2 Å². The van der Waals surface area contributed by atoms with Crippen LogP contribution in [0.3, 0.4) is 0 Å². The van der Waals surface area contributed by atoms with E-state index in [-0.39, 0.29) is 18.6 Å². The number of aliphatic hydroxyl groups is 1.